The molecule has 6 heteroatoms. The van der Waals surface area contributed by atoms with Gasteiger partial charge in [-0.3, -0.25) is 14.5 Å². The number of hydrogen-bond acceptors (Lipinski definition) is 3. The van der Waals surface area contributed by atoms with E-state index in [0.29, 0.717) is 12.2 Å². The van der Waals surface area contributed by atoms with Gasteiger partial charge in [0.15, 0.2) is 0 Å². The van der Waals surface area contributed by atoms with Gasteiger partial charge in [0.2, 0.25) is 10.8 Å². The molecule has 1 saturated heterocycles. The second-order valence-electron chi connectivity index (χ2n) is 6.51. The smallest absolute Gasteiger partial charge is 0.268 e. The first-order valence-electron chi connectivity index (χ1n) is 8.30. The second kappa shape index (κ2) is 5.08. The molecular formula is C19H15FN2O2S. The lowest BCUT2D eigenvalue weighted by atomic mass is 9.98. The van der Waals surface area contributed by atoms with Gasteiger partial charge in [0, 0.05) is 17.8 Å². The topological polar surface area (TPSA) is 40.6 Å². The van der Waals surface area contributed by atoms with Crippen LogP contribution in [0.25, 0.3) is 0 Å². The van der Waals surface area contributed by atoms with Crippen LogP contribution >= 0.6 is 11.8 Å². The van der Waals surface area contributed by atoms with E-state index in [-0.39, 0.29) is 23.4 Å². The van der Waals surface area contributed by atoms with Gasteiger partial charge in [0.25, 0.3) is 5.91 Å². The normalized spacial score (nSPS) is 24.4. The molecule has 1 spiro atoms. The van der Waals surface area contributed by atoms with Crippen molar-refractivity contribution in [2.24, 2.45) is 0 Å². The third-order valence-corrected chi connectivity index (χ3v) is 6.56. The molecule has 0 saturated carbocycles. The van der Waals surface area contributed by atoms with Crippen molar-refractivity contribution >= 4 is 35.0 Å². The third kappa shape index (κ3) is 1.83. The van der Waals surface area contributed by atoms with Crippen LogP contribution in [0.15, 0.2) is 42.5 Å². The van der Waals surface area contributed by atoms with Gasteiger partial charge in [0.1, 0.15) is 5.82 Å². The number of nitrogens with zero attached hydrogens (tertiary/aromatic N) is 2. The van der Waals surface area contributed by atoms with E-state index in [1.54, 1.807) is 17.0 Å². The zero-order valence-corrected chi connectivity index (χ0v) is 14.2. The monoisotopic (exact) mass is 354 g/mol. The van der Waals surface area contributed by atoms with Crippen LogP contribution in [0.3, 0.4) is 0 Å². The van der Waals surface area contributed by atoms with E-state index < -0.39 is 4.87 Å². The number of amides is 2. The van der Waals surface area contributed by atoms with Crippen LogP contribution < -0.4 is 9.80 Å². The average molecular weight is 354 g/mol. The van der Waals surface area contributed by atoms with Crippen LogP contribution in [0, 0.1) is 5.82 Å². The van der Waals surface area contributed by atoms with Crippen LogP contribution in [-0.4, -0.2) is 24.1 Å². The molecule has 2 aromatic carbocycles. The van der Waals surface area contributed by atoms with Gasteiger partial charge < -0.3 is 4.90 Å². The van der Waals surface area contributed by atoms with Gasteiger partial charge in [-0.15, -0.1) is 11.8 Å². The molecule has 25 heavy (non-hydrogen) atoms. The largest absolute Gasteiger partial charge is 0.309 e. The summed E-state index contributed by atoms with van der Waals surface area (Å²) in [5, 5.41) is 0. The van der Waals surface area contributed by atoms with E-state index in [2.05, 4.69) is 6.07 Å². The maximum Gasteiger partial charge on any atom is 0.268 e. The molecule has 126 valence electrons. The number of hydrogen-bond donors (Lipinski definition) is 0. The molecule has 3 aliphatic rings. The van der Waals surface area contributed by atoms with Crippen LogP contribution in [0.2, 0.25) is 0 Å². The van der Waals surface area contributed by atoms with Crippen LogP contribution in [0.5, 0.6) is 0 Å². The summed E-state index contributed by atoms with van der Waals surface area (Å²) < 4.78 is 13.3. The molecule has 2 aromatic rings. The van der Waals surface area contributed by atoms with Gasteiger partial charge in [-0.1, -0.05) is 18.2 Å². The number of anilines is 2. The van der Waals surface area contributed by atoms with Gasteiger partial charge in [-0.25, -0.2) is 4.39 Å². The Balaban J connectivity index is 1.75. The highest BCUT2D eigenvalue weighted by atomic mass is 32.2. The fraction of sp³-hybridized carbons (Fsp3) is 0.263. The minimum absolute atomic E-state index is 0.0603. The van der Waals surface area contributed by atoms with E-state index in [9.17, 15) is 14.0 Å². The number of fused-ring (bicyclic) bond motifs is 1. The number of thioether (sulfide) groups is 1. The molecule has 5 rings (SSSR count). The van der Waals surface area contributed by atoms with Crippen LogP contribution in [0.1, 0.15) is 17.5 Å². The second-order valence-corrected chi connectivity index (χ2v) is 7.68. The van der Waals surface area contributed by atoms with E-state index in [0.717, 1.165) is 29.7 Å². The van der Waals surface area contributed by atoms with E-state index in [1.165, 1.54) is 23.9 Å². The lowest BCUT2D eigenvalue weighted by molar-refractivity contribution is -0.123. The van der Waals surface area contributed by atoms with E-state index in [4.69, 9.17) is 0 Å². The first-order chi connectivity index (χ1) is 12.1. The Bertz CT molecular complexity index is 914. The first-order valence-corrected chi connectivity index (χ1v) is 9.28. The van der Waals surface area contributed by atoms with Crippen molar-refractivity contribution in [3.63, 3.8) is 0 Å². The quantitative estimate of drug-likeness (QED) is 0.790. The molecule has 2 amide bonds. The minimum atomic E-state index is -1.06. The molecule has 0 aliphatic carbocycles. The van der Waals surface area contributed by atoms with Crippen LogP contribution in [0.4, 0.5) is 15.8 Å². The highest BCUT2D eigenvalue weighted by molar-refractivity contribution is 8.02. The molecule has 0 N–H and O–H groups in total. The number of rotatable bonds is 1. The summed E-state index contributed by atoms with van der Waals surface area (Å²) in [7, 11) is 0. The van der Waals surface area contributed by atoms with E-state index in [1.807, 2.05) is 17.0 Å². The zero-order valence-electron chi connectivity index (χ0n) is 13.4. The molecule has 4 nitrogen and oxygen atoms in total. The maximum absolute atomic E-state index is 13.4. The first kappa shape index (κ1) is 15.0. The number of benzene rings is 2. The maximum atomic E-state index is 13.4. The molecule has 1 fully saturated rings. The number of para-hydroxylation sites is 1. The number of halogens is 1. The highest BCUT2D eigenvalue weighted by Gasteiger charge is 2.61. The molecule has 1 atom stereocenters. The van der Waals surface area contributed by atoms with Gasteiger partial charge in [0.05, 0.1) is 11.4 Å². The summed E-state index contributed by atoms with van der Waals surface area (Å²) in [4.78, 5) is 28.5. The predicted molar refractivity (Wildman–Crippen MR) is 95.1 cm³/mol. The lowest BCUT2D eigenvalue weighted by Crippen LogP contribution is -2.50. The Kier molecular flexibility index (Phi) is 3.04. The highest BCUT2D eigenvalue weighted by Crippen LogP contribution is 2.57. The summed E-state index contributed by atoms with van der Waals surface area (Å²) in [6.45, 7) is 0.677. The van der Waals surface area contributed by atoms with Gasteiger partial charge in [-0.2, -0.15) is 0 Å². The zero-order chi connectivity index (χ0) is 17.2. The van der Waals surface area contributed by atoms with Crippen LogP contribution in [-0.2, 0) is 20.9 Å². The standard InChI is InChI=1S/C19H15FN2O2S/c20-13-6-8-14(9-7-13)22-16(23)11-25-19(22)15-5-1-3-12-4-2-10-21(17(12)15)18(19)24/h1,3,5-9H,2,4,10-11H2/t19-/m1/s1. The molecule has 3 aliphatic heterocycles. The average Bonchev–Trinajstić information content (AvgIpc) is 3.10. The third-order valence-electron chi connectivity index (χ3n) is 5.17. The Morgan fingerprint density at radius 1 is 1.08 bits per heavy atom. The van der Waals surface area contributed by atoms with Crippen molar-refractivity contribution in [3.8, 4) is 0 Å². The predicted octanol–water partition coefficient (Wildman–Crippen LogP) is 3.05. The van der Waals surface area contributed by atoms with Crippen molar-refractivity contribution < 1.29 is 14.0 Å². The summed E-state index contributed by atoms with van der Waals surface area (Å²) in [5.41, 5.74) is 3.57. The summed E-state index contributed by atoms with van der Waals surface area (Å²) >= 11 is 1.37. The molecular weight excluding hydrogens is 339 g/mol. The number of carbonyl (C=O) groups excluding carboxylic acids is 2. The van der Waals surface area contributed by atoms with E-state index >= 15 is 0 Å². The van der Waals surface area contributed by atoms with Crippen molar-refractivity contribution in [1.29, 1.82) is 0 Å². The van der Waals surface area contributed by atoms with Gasteiger partial charge >= 0.3 is 0 Å². The Labute approximate surface area is 148 Å². The van der Waals surface area contributed by atoms with Crippen molar-refractivity contribution in [1.82, 2.24) is 0 Å². The fourth-order valence-corrected chi connectivity index (χ4v) is 5.52. The molecule has 0 aromatic heterocycles. The Morgan fingerprint density at radius 3 is 2.68 bits per heavy atom. The van der Waals surface area contributed by atoms with Crippen molar-refractivity contribution in [2.45, 2.75) is 17.7 Å². The summed E-state index contributed by atoms with van der Waals surface area (Å²) in [6.07, 6.45) is 1.87. The Morgan fingerprint density at radius 2 is 1.88 bits per heavy atom. The van der Waals surface area contributed by atoms with Crippen molar-refractivity contribution in [3.05, 3.63) is 59.4 Å². The summed E-state index contributed by atoms with van der Waals surface area (Å²) in [5.74, 6) is -0.310. The van der Waals surface area contributed by atoms with Crippen molar-refractivity contribution in [2.75, 3.05) is 22.1 Å². The molecule has 0 unspecified atom stereocenters. The molecule has 0 bridgehead atoms. The number of carbonyl (C=O) groups is 2. The summed E-state index contributed by atoms with van der Waals surface area (Å²) in [6, 6.07) is 11.8. The molecule has 3 heterocycles. The SMILES string of the molecule is O=C1CS[C@]2(C(=O)N3CCCc4cccc2c43)N1c1ccc(F)cc1. The Hall–Kier alpha value is -2.34. The molecule has 0 radical (unpaired) electrons. The lowest BCUT2D eigenvalue weighted by Gasteiger charge is -2.33. The minimum Gasteiger partial charge on any atom is -0.309 e. The number of aryl methyl sites for hydroxylation is 1. The fourth-order valence-electron chi connectivity index (χ4n) is 4.17. The van der Waals surface area contributed by atoms with Gasteiger partial charge in [-0.05, 0) is 42.7 Å².